The van der Waals surface area contributed by atoms with Gasteiger partial charge in [-0.25, -0.2) is 13.1 Å². The fourth-order valence-corrected chi connectivity index (χ4v) is 5.13. The number of carbonyl (C=O) groups excluding carboxylic acids is 1. The molecule has 0 aliphatic rings. The molecule has 0 aliphatic carbocycles. The Morgan fingerprint density at radius 2 is 1.70 bits per heavy atom. The van der Waals surface area contributed by atoms with Gasteiger partial charge in [-0.1, -0.05) is 49.4 Å². The van der Waals surface area contributed by atoms with Crippen LogP contribution in [0.3, 0.4) is 0 Å². The Hall–Kier alpha value is -3.16. The van der Waals surface area contributed by atoms with Crippen LogP contribution in [0.5, 0.6) is 5.75 Å². The molecular weight excluding hydrogens is 436 g/mol. The lowest BCUT2D eigenvalue weighted by atomic mass is 10.0. The summed E-state index contributed by atoms with van der Waals surface area (Å²) in [5, 5.41) is 2.20. The first kappa shape index (κ1) is 24.5. The van der Waals surface area contributed by atoms with Gasteiger partial charge in [0.25, 0.3) is 5.91 Å². The Bertz CT molecular complexity index is 1220. The maximum absolute atomic E-state index is 13.1. The lowest BCUT2D eigenvalue weighted by Crippen LogP contribution is -2.28. The zero-order valence-electron chi connectivity index (χ0n) is 19.4. The summed E-state index contributed by atoms with van der Waals surface area (Å²) in [7, 11) is -2.09. The minimum atomic E-state index is -3.60. The van der Waals surface area contributed by atoms with Crippen molar-refractivity contribution in [3.05, 3.63) is 94.5 Å². The monoisotopic (exact) mass is 466 g/mol. The normalized spacial score (nSPS) is 12.2. The number of sulfonamides is 1. The maximum Gasteiger partial charge on any atom is 0.255 e. The van der Waals surface area contributed by atoms with Crippen molar-refractivity contribution in [3.63, 3.8) is 0 Å². The van der Waals surface area contributed by atoms with Crippen LogP contribution in [-0.2, 0) is 16.6 Å². The Morgan fingerprint density at radius 1 is 0.970 bits per heavy atom. The molecule has 1 amide bonds. The highest BCUT2D eigenvalue weighted by Gasteiger charge is 2.25. The molecule has 6 nitrogen and oxygen atoms in total. The Kier molecular flexibility index (Phi) is 7.89. The Labute approximate surface area is 196 Å². The summed E-state index contributed by atoms with van der Waals surface area (Å²) in [5.41, 5.74) is 4.75. The summed E-state index contributed by atoms with van der Waals surface area (Å²) >= 11 is 0. The second kappa shape index (κ2) is 10.6. The maximum atomic E-state index is 13.1. The highest BCUT2D eigenvalue weighted by atomic mass is 32.2. The zero-order valence-corrected chi connectivity index (χ0v) is 20.2. The van der Waals surface area contributed by atoms with Gasteiger partial charge < -0.3 is 10.1 Å². The van der Waals surface area contributed by atoms with Gasteiger partial charge in [-0.2, -0.15) is 0 Å². The van der Waals surface area contributed by atoms with Gasteiger partial charge in [0.15, 0.2) is 0 Å². The van der Waals surface area contributed by atoms with Crippen molar-refractivity contribution in [2.75, 3.05) is 12.4 Å². The zero-order chi connectivity index (χ0) is 24.0. The van der Waals surface area contributed by atoms with Crippen molar-refractivity contribution in [2.45, 2.75) is 39.0 Å². The minimum Gasteiger partial charge on any atom is -0.495 e. The molecule has 0 heterocycles. The van der Waals surface area contributed by atoms with Gasteiger partial charge in [0, 0.05) is 12.1 Å². The summed E-state index contributed by atoms with van der Waals surface area (Å²) < 4.78 is 34.3. The van der Waals surface area contributed by atoms with Crippen molar-refractivity contribution in [2.24, 2.45) is 0 Å². The first-order valence-electron chi connectivity index (χ1n) is 10.8. The van der Waals surface area contributed by atoms with E-state index in [0.29, 0.717) is 23.4 Å². The quantitative estimate of drug-likeness (QED) is 0.458. The number of rotatable bonds is 9. The van der Waals surface area contributed by atoms with Gasteiger partial charge >= 0.3 is 0 Å². The van der Waals surface area contributed by atoms with E-state index in [1.165, 1.54) is 7.11 Å². The van der Waals surface area contributed by atoms with Crippen LogP contribution in [0.2, 0.25) is 0 Å². The third kappa shape index (κ3) is 6.00. The molecule has 0 spiro atoms. The molecule has 3 rings (SSSR count). The molecule has 0 bridgehead atoms. The lowest BCUT2D eigenvalue weighted by molar-refractivity contribution is 0.102. The van der Waals surface area contributed by atoms with Crippen molar-refractivity contribution >= 4 is 21.6 Å². The largest absolute Gasteiger partial charge is 0.495 e. The van der Waals surface area contributed by atoms with E-state index < -0.39 is 15.3 Å². The van der Waals surface area contributed by atoms with E-state index in [0.717, 1.165) is 22.3 Å². The van der Waals surface area contributed by atoms with Crippen LogP contribution in [0.1, 0.15) is 51.2 Å². The number of ether oxygens (including phenoxy) is 1. The summed E-state index contributed by atoms with van der Waals surface area (Å²) in [6, 6.07) is 19.9. The molecule has 1 atom stereocenters. The van der Waals surface area contributed by atoms with Crippen LogP contribution in [0.25, 0.3) is 0 Å². The standard InChI is InChI=1S/C26H30N2O4S/c1-5-25(22-13-11-18(2)19(3)15-22)33(30,31)27-17-20-12-14-23(24(16-20)32-4)28-26(29)21-9-7-6-8-10-21/h6-16,25,27H,5,17H2,1-4H3,(H,28,29). The fraction of sp³-hybridized carbons (Fsp3) is 0.269. The predicted octanol–water partition coefficient (Wildman–Crippen LogP) is 5.14. The topological polar surface area (TPSA) is 84.5 Å². The molecule has 0 aliphatic heterocycles. The van der Waals surface area contributed by atoms with Crippen molar-refractivity contribution in [1.29, 1.82) is 0 Å². The van der Waals surface area contributed by atoms with Crippen LogP contribution in [-0.4, -0.2) is 21.4 Å². The van der Waals surface area contributed by atoms with Gasteiger partial charge in [-0.3, -0.25) is 4.79 Å². The summed E-state index contributed by atoms with van der Waals surface area (Å²) in [6.07, 6.45) is 0.464. The van der Waals surface area contributed by atoms with Crippen LogP contribution in [0, 0.1) is 13.8 Å². The molecule has 3 aromatic carbocycles. The molecule has 0 aromatic heterocycles. The molecule has 0 saturated heterocycles. The first-order chi connectivity index (χ1) is 15.7. The molecule has 7 heteroatoms. The molecule has 0 fully saturated rings. The molecule has 0 saturated carbocycles. The van der Waals surface area contributed by atoms with E-state index in [1.807, 2.05) is 45.0 Å². The number of benzene rings is 3. The smallest absolute Gasteiger partial charge is 0.255 e. The number of methoxy groups -OCH3 is 1. The molecule has 33 heavy (non-hydrogen) atoms. The molecule has 2 N–H and O–H groups in total. The van der Waals surface area contributed by atoms with E-state index in [-0.39, 0.29) is 12.5 Å². The average Bonchev–Trinajstić information content (AvgIpc) is 2.81. The highest BCUT2D eigenvalue weighted by Crippen LogP contribution is 2.29. The van der Waals surface area contributed by atoms with E-state index >= 15 is 0 Å². The van der Waals surface area contributed by atoms with E-state index in [2.05, 4.69) is 10.0 Å². The second-order valence-electron chi connectivity index (χ2n) is 7.96. The molecule has 3 aromatic rings. The number of aryl methyl sites for hydroxylation is 2. The van der Waals surface area contributed by atoms with E-state index in [1.54, 1.807) is 42.5 Å². The van der Waals surface area contributed by atoms with Crippen LogP contribution < -0.4 is 14.8 Å². The molecule has 0 radical (unpaired) electrons. The highest BCUT2D eigenvalue weighted by molar-refractivity contribution is 7.89. The SMILES string of the molecule is CCC(c1ccc(C)c(C)c1)S(=O)(=O)NCc1ccc(NC(=O)c2ccccc2)c(OC)c1. The van der Waals surface area contributed by atoms with Crippen LogP contribution in [0.4, 0.5) is 5.69 Å². The number of nitrogens with one attached hydrogen (secondary N) is 2. The molecular formula is C26H30N2O4S. The van der Waals surface area contributed by atoms with Gasteiger partial charge in [0.2, 0.25) is 10.0 Å². The molecule has 174 valence electrons. The van der Waals surface area contributed by atoms with Crippen molar-refractivity contribution < 1.29 is 17.9 Å². The van der Waals surface area contributed by atoms with Gasteiger partial charge in [-0.15, -0.1) is 0 Å². The first-order valence-corrected chi connectivity index (χ1v) is 12.4. The van der Waals surface area contributed by atoms with Gasteiger partial charge in [0.05, 0.1) is 12.8 Å². The molecule has 1 unspecified atom stereocenters. The third-order valence-corrected chi connectivity index (χ3v) is 7.58. The number of hydrogen-bond donors (Lipinski definition) is 2. The number of carbonyl (C=O) groups is 1. The fourth-order valence-electron chi connectivity index (χ4n) is 3.62. The lowest BCUT2D eigenvalue weighted by Gasteiger charge is -2.19. The van der Waals surface area contributed by atoms with Crippen LogP contribution in [0.15, 0.2) is 66.7 Å². The average molecular weight is 467 g/mol. The van der Waals surface area contributed by atoms with Crippen molar-refractivity contribution in [3.8, 4) is 5.75 Å². The van der Waals surface area contributed by atoms with Gasteiger partial charge in [-0.05, 0) is 66.8 Å². The van der Waals surface area contributed by atoms with Crippen molar-refractivity contribution in [1.82, 2.24) is 4.72 Å². The van der Waals surface area contributed by atoms with Crippen LogP contribution >= 0.6 is 0 Å². The summed E-state index contributed by atoms with van der Waals surface area (Å²) in [5.74, 6) is 0.207. The Morgan fingerprint density at radius 3 is 2.33 bits per heavy atom. The van der Waals surface area contributed by atoms with E-state index in [9.17, 15) is 13.2 Å². The predicted molar refractivity (Wildman–Crippen MR) is 132 cm³/mol. The Balaban J connectivity index is 1.73. The minimum absolute atomic E-state index is 0.118. The van der Waals surface area contributed by atoms with Gasteiger partial charge in [0.1, 0.15) is 11.0 Å². The number of amides is 1. The number of hydrogen-bond acceptors (Lipinski definition) is 4. The third-order valence-electron chi connectivity index (χ3n) is 5.68. The number of anilines is 1. The van der Waals surface area contributed by atoms with E-state index in [4.69, 9.17) is 4.74 Å². The summed E-state index contributed by atoms with van der Waals surface area (Å²) in [4.78, 5) is 12.5. The summed E-state index contributed by atoms with van der Waals surface area (Å²) in [6.45, 7) is 5.97. The second-order valence-corrected chi connectivity index (χ2v) is 9.91.